The van der Waals surface area contributed by atoms with Crippen molar-refractivity contribution in [2.24, 2.45) is 0 Å². The Morgan fingerprint density at radius 1 is 0.905 bits per heavy atom. The van der Waals surface area contributed by atoms with Crippen LogP contribution in [0.5, 0.6) is 0 Å². The number of benzene rings is 2. The van der Waals surface area contributed by atoms with E-state index in [1.165, 1.54) is 0 Å². The highest BCUT2D eigenvalue weighted by molar-refractivity contribution is 9.10. The first-order valence-electron chi connectivity index (χ1n) is 5.84. The van der Waals surface area contributed by atoms with Gasteiger partial charge in [-0.3, -0.25) is 9.27 Å². The molecule has 2 aromatic rings. The standard InChI is InChI=1S/C13H12BrN3O3S/c14-9-1-3-10(4-2-9)15-13(18)16-11-5-7-12(8-6-11)17-21(19)20/h1-8,17H,(H,19,20)(H2,15,16,18). The van der Waals surface area contributed by atoms with Gasteiger partial charge < -0.3 is 10.6 Å². The summed E-state index contributed by atoms with van der Waals surface area (Å²) in [7, 11) is 0. The zero-order chi connectivity index (χ0) is 15.2. The lowest BCUT2D eigenvalue weighted by Gasteiger charge is -2.08. The first kappa shape index (κ1) is 15.5. The SMILES string of the molecule is O=C(Nc1ccc(Br)cc1)Nc1ccc(NS(=O)O)cc1. The summed E-state index contributed by atoms with van der Waals surface area (Å²) in [6, 6.07) is 13.2. The average molecular weight is 370 g/mol. The summed E-state index contributed by atoms with van der Waals surface area (Å²) in [5.41, 5.74) is 1.72. The van der Waals surface area contributed by atoms with Crippen LogP contribution in [-0.2, 0) is 11.3 Å². The van der Waals surface area contributed by atoms with Gasteiger partial charge >= 0.3 is 6.03 Å². The maximum Gasteiger partial charge on any atom is 0.323 e. The molecule has 0 bridgehead atoms. The van der Waals surface area contributed by atoms with Gasteiger partial charge in [0.25, 0.3) is 11.3 Å². The summed E-state index contributed by atoms with van der Waals surface area (Å²) in [5.74, 6) is 0. The number of nitrogens with one attached hydrogen (secondary N) is 3. The van der Waals surface area contributed by atoms with Crippen LogP contribution in [0.4, 0.5) is 21.9 Å². The molecule has 0 aliphatic carbocycles. The van der Waals surface area contributed by atoms with Crippen LogP contribution in [0.15, 0.2) is 53.0 Å². The van der Waals surface area contributed by atoms with E-state index in [-0.39, 0.29) is 6.03 Å². The molecule has 0 aromatic heterocycles. The van der Waals surface area contributed by atoms with E-state index < -0.39 is 11.3 Å². The average Bonchev–Trinajstić information content (AvgIpc) is 2.43. The summed E-state index contributed by atoms with van der Waals surface area (Å²) in [4.78, 5) is 11.8. The lowest BCUT2D eigenvalue weighted by molar-refractivity contribution is 0.262. The van der Waals surface area contributed by atoms with Crippen molar-refractivity contribution in [1.82, 2.24) is 0 Å². The first-order valence-corrected chi connectivity index (χ1v) is 7.74. The summed E-state index contributed by atoms with van der Waals surface area (Å²) < 4.78 is 22.5. The van der Waals surface area contributed by atoms with Gasteiger partial charge in [-0.2, -0.15) is 0 Å². The Hall–Kier alpha value is -1.90. The molecule has 110 valence electrons. The summed E-state index contributed by atoms with van der Waals surface area (Å²) in [6.07, 6.45) is 0. The van der Waals surface area contributed by atoms with Crippen molar-refractivity contribution in [2.45, 2.75) is 0 Å². The van der Waals surface area contributed by atoms with E-state index in [0.717, 1.165) is 4.47 Å². The molecule has 0 saturated carbocycles. The van der Waals surface area contributed by atoms with Crippen LogP contribution in [-0.4, -0.2) is 14.8 Å². The molecule has 6 nitrogen and oxygen atoms in total. The van der Waals surface area contributed by atoms with Crippen LogP contribution in [0, 0.1) is 0 Å². The predicted octanol–water partition coefficient (Wildman–Crippen LogP) is 3.64. The molecule has 0 aliphatic heterocycles. The molecule has 2 amide bonds. The normalized spacial score (nSPS) is 11.5. The van der Waals surface area contributed by atoms with E-state index in [1.54, 1.807) is 36.4 Å². The lowest BCUT2D eigenvalue weighted by atomic mass is 10.3. The number of urea groups is 1. The van der Waals surface area contributed by atoms with Gasteiger partial charge in [-0.15, -0.1) is 0 Å². The van der Waals surface area contributed by atoms with Gasteiger partial charge in [0.05, 0.1) is 0 Å². The topological polar surface area (TPSA) is 90.5 Å². The Kier molecular flexibility index (Phi) is 5.32. The molecule has 0 radical (unpaired) electrons. The number of anilines is 3. The number of hydrogen-bond acceptors (Lipinski definition) is 2. The minimum atomic E-state index is -2.12. The van der Waals surface area contributed by atoms with Crippen LogP contribution in [0.1, 0.15) is 0 Å². The molecule has 0 spiro atoms. The maximum absolute atomic E-state index is 11.8. The van der Waals surface area contributed by atoms with Crippen molar-refractivity contribution < 1.29 is 13.6 Å². The van der Waals surface area contributed by atoms with Crippen molar-refractivity contribution in [3.8, 4) is 0 Å². The van der Waals surface area contributed by atoms with E-state index in [9.17, 15) is 9.00 Å². The van der Waals surface area contributed by atoms with Crippen LogP contribution < -0.4 is 15.4 Å². The Morgan fingerprint density at radius 3 is 1.81 bits per heavy atom. The fraction of sp³-hybridized carbons (Fsp3) is 0. The molecular weight excluding hydrogens is 358 g/mol. The van der Waals surface area contributed by atoms with Gasteiger partial charge in [0.15, 0.2) is 0 Å². The third-order valence-electron chi connectivity index (χ3n) is 2.45. The number of rotatable bonds is 4. The Labute approximate surface area is 132 Å². The molecule has 1 atom stereocenters. The van der Waals surface area contributed by atoms with E-state index in [1.807, 2.05) is 12.1 Å². The molecule has 2 rings (SSSR count). The molecule has 8 heteroatoms. The quantitative estimate of drug-likeness (QED) is 0.620. The largest absolute Gasteiger partial charge is 0.323 e. The Bertz CT molecular complexity index is 647. The minimum absolute atomic E-state index is 0.372. The summed E-state index contributed by atoms with van der Waals surface area (Å²) >= 11 is 1.20. The predicted molar refractivity (Wildman–Crippen MR) is 87.6 cm³/mol. The van der Waals surface area contributed by atoms with Crippen molar-refractivity contribution in [1.29, 1.82) is 0 Å². The Balaban J connectivity index is 1.93. The highest BCUT2D eigenvalue weighted by Crippen LogP contribution is 2.16. The van der Waals surface area contributed by atoms with Crippen LogP contribution in [0.25, 0.3) is 0 Å². The minimum Gasteiger partial charge on any atom is -0.308 e. The third-order valence-corrected chi connectivity index (χ3v) is 3.39. The van der Waals surface area contributed by atoms with Crippen LogP contribution in [0.3, 0.4) is 0 Å². The molecule has 2 aromatic carbocycles. The van der Waals surface area contributed by atoms with Gasteiger partial charge in [-0.25, -0.2) is 9.00 Å². The van der Waals surface area contributed by atoms with Gasteiger partial charge in [-0.05, 0) is 48.5 Å². The van der Waals surface area contributed by atoms with Crippen molar-refractivity contribution in [2.75, 3.05) is 15.4 Å². The number of halogens is 1. The van der Waals surface area contributed by atoms with Gasteiger partial charge in [0, 0.05) is 21.5 Å². The number of amides is 2. The monoisotopic (exact) mass is 369 g/mol. The van der Waals surface area contributed by atoms with Gasteiger partial charge in [0.1, 0.15) is 0 Å². The highest BCUT2D eigenvalue weighted by Gasteiger charge is 2.03. The number of carbonyl (C=O) groups excluding carboxylic acids is 1. The second-order valence-corrected chi connectivity index (χ2v) is 5.63. The summed E-state index contributed by atoms with van der Waals surface area (Å²) in [5, 5.41) is 5.35. The zero-order valence-electron chi connectivity index (χ0n) is 10.7. The van der Waals surface area contributed by atoms with E-state index in [2.05, 4.69) is 31.3 Å². The second-order valence-electron chi connectivity index (χ2n) is 4.01. The zero-order valence-corrected chi connectivity index (χ0v) is 13.1. The van der Waals surface area contributed by atoms with Crippen LogP contribution in [0.2, 0.25) is 0 Å². The molecule has 21 heavy (non-hydrogen) atoms. The fourth-order valence-corrected chi connectivity index (χ4v) is 2.15. The summed E-state index contributed by atoms with van der Waals surface area (Å²) in [6.45, 7) is 0. The van der Waals surface area contributed by atoms with Crippen LogP contribution >= 0.6 is 15.9 Å². The molecular formula is C13H12BrN3O3S. The number of hydrogen-bond donors (Lipinski definition) is 4. The van der Waals surface area contributed by atoms with Crippen molar-refractivity contribution in [3.63, 3.8) is 0 Å². The van der Waals surface area contributed by atoms with E-state index >= 15 is 0 Å². The lowest BCUT2D eigenvalue weighted by Crippen LogP contribution is -2.19. The maximum atomic E-state index is 11.8. The van der Waals surface area contributed by atoms with E-state index in [4.69, 9.17) is 4.55 Å². The smallest absolute Gasteiger partial charge is 0.308 e. The molecule has 0 aliphatic rings. The van der Waals surface area contributed by atoms with Gasteiger partial charge in [0.2, 0.25) is 0 Å². The van der Waals surface area contributed by atoms with Crippen molar-refractivity contribution >= 4 is 50.3 Å². The Morgan fingerprint density at radius 2 is 1.33 bits per heavy atom. The molecule has 4 N–H and O–H groups in total. The molecule has 1 unspecified atom stereocenters. The molecule has 0 fully saturated rings. The van der Waals surface area contributed by atoms with Crippen molar-refractivity contribution in [3.05, 3.63) is 53.0 Å². The third kappa shape index (κ3) is 5.18. The highest BCUT2D eigenvalue weighted by atomic mass is 79.9. The van der Waals surface area contributed by atoms with E-state index in [0.29, 0.717) is 17.1 Å². The molecule has 0 heterocycles. The van der Waals surface area contributed by atoms with Gasteiger partial charge in [-0.1, -0.05) is 15.9 Å². The number of carbonyl (C=O) groups is 1. The fourth-order valence-electron chi connectivity index (χ4n) is 1.55. The first-order chi connectivity index (χ1) is 10.0. The second kappa shape index (κ2) is 7.21. The molecule has 0 saturated heterocycles.